The van der Waals surface area contributed by atoms with E-state index in [0.717, 1.165) is 37.8 Å². The third-order valence-corrected chi connectivity index (χ3v) is 5.53. The summed E-state index contributed by atoms with van der Waals surface area (Å²) in [5, 5.41) is 0. The second kappa shape index (κ2) is 9.11. The Labute approximate surface area is 179 Å². The van der Waals surface area contributed by atoms with Gasteiger partial charge in [0.2, 0.25) is 0 Å². The van der Waals surface area contributed by atoms with E-state index in [1.807, 2.05) is 0 Å². The predicted molar refractivity (Wildman–Crippen MR) is 103 cm³/mol. The molecular weight excluding hydrogens is 444 g/mol. The Hall–Kier alpha value is -2.58. The van der Waals surface area contributed by atoms with E-state index in [1.54, 1.807) is 0 Å². The van der Waals surface area contributed by atoms with Gasteiger partial charge in [0, 0.05) is 23.8 Å². The zero-order valence-electron chi connectivity index (χ0n) is 17.0. The lowest BCUT2D eigenvalue weighted by Gasteiger charge is -2.27. The van der Waals surface area contributed by atoms with E-state index in [1.165, 1.54) is 6.07 Å². The molecule has 0 spiro atoms. The van der Waals surface area contributed by atoms with Gasteiger partial charge in [0.15, 0.2) is 0 Å². The molecule has 0 aliphatic heterocycles. The van der Waals surface area contributed by atoms with Crippen molar-refractivity contribution in [1.29, 1.82) is 0 Å². The zero-order valence-corrected chi connectivity index (χ0v) is 17.0. The van der Waals surface area contributed by atoms with Gasteiger partial charge in [0.1, 0.15) is 23.2 Å². The Kier molecular flexibility index (Phi) is 6.86. The summed E-state index contributed by atoms with van der Waals surface area (Å²) in [4.78, 5) is 0. The molecule has 1 aliphatic carbocycles. The zero-order chi connectivity index (χ0) is 23.7. The first-order chi connectivity index (χ1) is 14.9. The van der Waals surface area contributed by atoms with Gasteiger partial charge in [-0.1, -0.05) is 25.8 Å². The number of rotatable bonds is 5. The van der Waals surface area contributed by atoms with Crippen molar-refractivity contribution in [3.05, 3.63) is 70.5 Å². The van der Waals surface area contributed by atoms with Crippen molar-refractivity contribution in [3.8, 4) is 5.75 Å². The molecule has 1 aliphatic rings. The fraction of sp³-hybridized carbons (Fsp3) is 0.391. The molecule has 0 bridgehead atoms. The fourth-order valence-electron chi connectivity index (χ4n) is 3.77. The molecule has 0 aromatic heterocycles. The minimum Gasteiger partial charge on any atom is -0.429 e. The van der Waals surface area contributed by atoms with Crippen molar-refractivity contribution in [2.75, 3.05) is 0 Å². The minimum absolute atomic E-state index is 0.0600. The van der Waals surface area contributed by atoms with Crippen LogP contribution in [-0.4, -0.2) is 6.18 Å². The van der Waals surface area contributed by atoms with Gasteiger partial charge in [0.05, 0.1) is 5.56 Å². The van der Waals surface area contributed by atoms with Crippen LogP contribution in [0.4, 0.5) is 35.1 Å². The summed E-state index contributed by atoms with van der Waals surface area (Å²) in [6.07, 6.45) is -5.80. The van der Waals surface area contributed by atoms with Gasteiger partial charge in [-0.05, 0) is 48.4 Å². The molecule has 2 aromatic rings. The first-order valence-electron chi connectivity index (χ1n) is 9.97. The molecule has 9 heteroatoms. The number of halogens is 8. The van der Waals surface area contributed by atoms with Gasteiger partial charge in [-0.15, -0.1) is 0 Å². The van der Waals surface area contributed by atoms with Gasteiger partial charge in [-0.2, -0.15) is 22.0 Å². The van der Waals surface area contributed by atoms with Crippen molar-refractivity contribution in [3.63, 3.8) is 0 Å². The highest BCUT2D eigenvalue weighted by atomic mass is 19.4. The second-order valence-corrected chi connectivity index (χ2v) is 7.99. The lowest BCUT2D eigenvalue weighted by molar-refractivity contribution is -0.187. The summed E-state index contributed by atoms with van der Waals surface area (Å²) < 4.78 is 112. The maximum Gasteiger partial charge on any atom is 0.429 e. The number of allylic oxidation sites excluding steroid dienone is 1. The molecule has 0 saturated heterocycles. The minimum atomic E-state index is -4.82. The number of hydrogen-bond donors (Lipinski definition) is 0. The Morgan fingerprint density at radius 3 is 1.97 bits per heavy atom. The molecule has 2 aromatic carbocycles. The summed E-state index contributed by atoms with van der Waals surface area (Å²) in [6.45, 7) is 2.11. The molecule has 0 heterocycles. The van der Waals surface area contributed by atoms with Crippen LogP contribution in [0.3, 0.4) is 0 Å². The van der Waals surface area contributed by atoms with Crippen molar-refractivity contribution in [2.24, 2.45) is 5.92 Å². The summed E-state index contributed by atoms with van der Waals surface area (Å²) in [5.41, 5.74) is -1.60. The van der Waals surface area contributed by atoms with Gasteiger partial charge in [-0.3, -0.25) is 0 Å². The monoisotopic (exact) mass is 464 g/mol. The highest BCUT2D eigenvalue weighted by molar-refractivity contribution is 5.53. The van der Waals surface area contributed by atoms with Crippen LogP contribution in [0.2, 0.25) is 0 Å². The van der Waals surface area contributed by atoms with E-state index >= 15 is 0 Å². The average molecular weight is 464 g/mol. The van der Waals surface area contributed by atoms with Crippen LogP contribution >= 0.6 is 0 Å². The van der Waals surface area contributed by atoms with E-state index in [2.05, 4.69) is 11.7 Å². The SMILES string of the molecule is CC1CCC(c2ccc(C(F)(F)Oc3cc(F)c(/C=C/C(F)(F)F)c(F)c3)c(F)c2)CC1. The highest BCUT2D eigenvalue weighted by Crippen LogP contribution is 2.39. The third kappa shape index (κ3) is 5.81. The largest absolute Gasteiger partial charge is 0.429 e. The molecule has 3 rings (SSSR count). The summed E-state index contributed by atoms with van der Waals surface area (Å²) in [6, 6.07) is 3.88. The quantitative estimate of drug-likeness (QED) is 0.406. The summed E-state index contributed by atoms with van der Waals surface area (Å²) >= 11 is 0. The molecule has 174 valence electrons. The topological polar surface area (TPSA) is 9.23 Å². The van der Waals surface area contributed by atoms with E-state index < -0.39 is 52.7 Å². The molecule has 0 atom stereocenters. The summed E-state index contributed by atoms with van der Waals surface area (Å²) in [7, 11) is 0. The van der Waals surface area contributed by atoms with E-state index in [4.69, 9.17) is 0 Å². The first kappa shape index (κ1) is 24.1. The molecule has 32 heavy (non-hydrogen) atoms. The Morgan fingerprint density at radius 2 is 1.44 bits per heavy atom. The fourth-order valence-corrected chi connectivity index (χ4v) is 3.77. The predicted octanol–water partition coefficient (Wildman–Crippen LogP) is 8.10. The molecule has 1 nitrogen and oxygen atoms in total. The van der Waals surface area contributed by atoms with Crippen molar-refractivity contribution in [1.82, 2.24) is 0 Å². The average Bonchev–Trinajstić information content (AvgIpc) is 2.66. The normalized spacial score (nSPS) is 20.0. The van der Waals surface area contributed by atoms with Crippen molar-refractivity contribution in [2.45, 2.75) is 50.8 Å². The molecule has 1 fully saturated rings. The molecule has 0 unspecified atom stereocenters. The molecule has 0 radical (unpaired) electrons. The van der Waals surface area contributed by atoms with Gasteiger partial charge in [0.25, 0.3) is 0 Å². The van der Waals surface area contributed by atoms with Crippen LogP contribution in [0.5, 0.6) is 5.75 Å². The van der Waals surface area contributed by atoms with Gasteiger partial charge >= 0.3 is 12.3 Å². The van der Waals surface area contributed by atoms with Crippen molar-refractivity contribution < 1.29 is 39.9 Å². The lowest BCUT2D eigenvalue weighted by Crippen LogP contribution is -2.24. The highest BCUT2D eigenvalue weighted by Gasteiger charge is 2.38. The van der Waals surface area contributed by atoms with E-state index in [9.17, 15) is 35.1 Å². The Bertz CT molecular complexity index is 965. The van der Waals surface area contributed by atoms with Crippen LogP contribution in [0.1, 0.15) is 55.2 Å². The van der Waals surface area contributed by atoms with Crippen LogP contribution in [0.15, 0.2) is 36.4 Å². The molecule has 0 N–H and O–H groups in total. The smallest absolute Gasteiger partial charge is 0.429 e. The van der Waals surface area contributed by atoms with Crippen LogP contribution in [-0.2, 0) is 6.11 Å². The van der Waals surface area contributed by atoms with Gasteiger partial charge in [-0.25, -0.2) is 13.2 Å². The summed E-state index contributed by atoms with van der Waals surface area (Å²) in [5.74, 6) is -4.69. The first-order valence-corrected chi connectivity index (χ1v) is 9.97. The van der Waals surface area contributed by atoms with E-state index in [0.29, 0.717) is 23.6 Å². The standard InChI is InChI=1S/C23H20F8O/c1-13-2-4-14(5-3-13)15-6-7-18(21(26)10-15)23(30,31)32-16-11-19(24)17(20(25)12-16)8-9-22(27,28)29/h6-14H,2-5H2,1H3/b9-8+. The third-order valence-electron chi connectivity index (χ3n) is 5.53. The molecular formula is C23H20F8O. The number of alkyl halides is 5. The number of ether oxygens (including phenoxy) is 1. The van der Waals surface area contributed by atoms with Crippen molar-refractivity contribution >= 4 is 6.08 Å². The van der Waals surface area contributed by atoms with Crippen LogP contribution in [0.25, 0.3) is 6.08 Å². The van der Waals surface area contributed by atoms with Gasteiger partial charge < -0.3 is 4.74 Å². The maximum absolute atomic E-state index is 14.5. The Balaban J connectivity index is 1.80. The number of benzene rings is 2. The van der Waals surface area contributed by atoms with E-state index in [-0.39, 0.29) is 12.0 Å². The second-order valence-electron chi connectivity index (χ2n) is 7.99. The molecule has 1 saturated carbocycles. The Morgan fingerprint density at radius 1 is 0.844 bits per heavy atom. The molecule has 0 amide bonds. The van der Waals surface area contributed by atoms with Crippen LogP contribution < -0.4 is 4.74 Å². The number of hydrogen-bond acceptors (Lipinski definition) is 1. The van der Waals surface area contributed by atoms with Crippen LogP contribution in [0, 0.1) is 23.4 Å². The maximum atomic E-state index is 14.5. The lowest BCUT2D eigenvalue weighted by atomic mass is 9.79.